The first-order valence-electron chi connectivity index (χ1n) is 16.2. The minimum atomic E-state index is -2.13. The van der Waals surface area contributed by atoms with Gasteiger partial charge in [-0.2, -0.15) is 0 Å². The van der Waals surface area contributed by atoms with E-state index in [1.54, 1.807) is 0 Å². The van der Waals surface area contributed by atoms with Crippen LogP contribution in [0.3, 0.4) is 0 Å². The first-order chi connectivity index (χ1) is 18.8. The fraction of sp³-hybridized carbons (Fsp3) is 1.00. The van der Waals surface area contributed by atoms with Crippen molar-refractivity contribution in [2.75, 3.05) is 18.5 Å². The van der Waals surface area contributed by atoms with Gasteiger partial charge in [0.05, 0.1) is 0 Å². The molecule has 10 heteroatoms. The molecule has 6 nitrogen and oxygen atoms in total. The molecular weight excluding hydrogens is 576 g/mol. The molecule has 0 aliphatic rings. The molecule has 0 aliphatic carbocycles. The van der Waals surface area contributed by atoms with Crippen molar-refractivity contribution in [3.63, 3.8) is 0 Å². The van der Waals surface area contributed by atoms with Gasteiger partial charge < -0.3 is 14.7 Å². The van der Waals surface area contributed by atoms with E-state index in [0.717, 1.165) is 38.5 Å². The summed E-state index contributed by atoms with van der Waals surface area (Å²) >= 11 is 0. The molecule has 0 aromatic carbocycles. The van der Waals surface area contributed by atoms with Crippen LogP contribution in [-0.2, 0) is 13.7 Å². The van der Waals surface area contributed by atoms with E-state index in [1.807, 2.05) is 0 Å². The van der Waals surface area contributed by atoms with Crippen molar-refractivity contribution >= 4 is 41.4 Å². The molecule has 0 N–H and O–H groups in total. The topological polar surface area (TPSA) is 120 Å². The van der Waals surface area contributed by atoms with Gasteiger partial charge in [0.2, 0.25) is 0 Å². The molecule has 0 saturated carbocycles. The second-order valence-electron chi connectivity index (χ2n) is 10.6. The maximum atomic E-state index is 10.2. The van der Waals surface area contributed by atoms with Gasteiger partial charge in [0, 0.05) is 0 Å². The molecule has 0 aromatic rings. The first kappa shape index (κ1) is 47.6. The second kappa shape index (κ2) is 44.2. The zero-order valence-electron chi connectivity index (χ0n) is 26.5. The summed E-state index contributed by atoms with van der Waals surface area (Å²) in [5.74, 6) is 0. The molecule has 0 aliphatic heterocycles. The van der Waals surface area contributed by atoms with Crippen molar-refractivity contribution in [2.24, 2.45) is 0 Å². The predicted octanol–water partition coefficient (Wildman–Crippen LogP) is 9.31. The second-order valence-corrected chi connectivity index (χ2v) is 13.9. The van der Waals surface area contributed by atoms with E-state index in [9.17, 15) is 28.4 Å². The third-order valence-electron chi connectivity index (χ3n) is 6.58. The Morgan fingerprint density at radius 2 is 0.475 bits per heavy atom. The van der Waals surface area contributed by atoms with E-state index >= 15 is 0 Å². The molecule has 3 unspecified atom stereocenters. The van der Waals surface area contributed by atoms with Crippen LogP contribution >= 0.6 is 24.1 Å². The van der Waals surface area contributed by atoms with Gasteiger partial charge in [0.25, 0.3) is 0 Å². The molecule has 0 radical (unpaired) electrons. The van der Waals surface area contributed by atoms with Crippen LogP contribution in [0.5, 0.6) is 0 Å². The summed E-state index contributed by atoms with van der Waals surface area (Å²) in [6, 6.07) is 0. The molecule has 0 saturated heterocycles. The Morgan fingerprint density at radius 1 is 0.325 bits per heavy atom. The Bertz CT molecular complexity index is 456. The first-order valence-corrected chi connectivity index (χ1v) is 20.3. The molecule has 0 bridgehead atoms. The molecule has 0 amide bonds. The maximum absolute atomic E-state index is 10.2. The summed E-state index contributed by atoms with van der Waals surface area (Å²) in [6.45, 7) is 6.64. The van der Waals surface area contributed by atoms with Crippen molar-refractivity contribution in [3.8, 4) is 0 Å². The smallest absolute Gasteiger partial charge is 0.596 e. The average Bonchev–Trinajstić information content (AvgIpc) is 2.89. The van der Waals surface area contributed by atoms with Crippen LogP contribution in [0.15, 0.2) is 0 Å². The van der Waals surface area contributed by atoms with E-state index < -0.39 is 24.1 Å². The maximum Gasteiger partial charge on any atom is 3.00 e. The molecule has 3 atom stereocenters. The Kier molecular flexibility index (Phi) is 52.6. The number of rotatable bonds is 27. The number of unbranched alkanes of at least 4 members (excludes halogenated alkanes) is 21. The minimum absolute atomic E-state index is 0. The van der Waals surface area contributed by atoms with Crippen molar-refractivity contribution in [1.29, 1.82) is 0 Å². The normalized spacial score (nSPS) is 11.4. The molecular formula is C30H63AlO6P3+3. The molecule has 0 spiro atoms. The van der Waals surface area contributed by atoms with Crippen molar-refractivity contribution < 1.29 is 28.4 Å². The average molecular weight is 640 g/mol. The fourth-order valence-corrected chi connectivity index (χ4v) is 5.57. The van der Waals surface area contributed by atoms with E-state index in [1.165, 1.54) is 116 Å². The zero-order chi connectivity index (χ0) is 29.8. The summed E-state index contributed by atoms with van der Waals surface area (Å²) in [5, 5.41) is 0. The van der Waals surface area contributed by atoms with Crippen LogP contribution in [0, 0.1) is 0 Å². The molecule has 234 valence electrons. The van der Waals surface area contributed by atoms with Crippen molar-refractivity contribution in [3.05, 3.63) is 0 Å². The van der Waals surface area contributed by atoms with E-state index in [-0.39, 0.29) is 17.4 Å². The largest absolute Gasteiger partial charge is 3.00 e. The summed E-state index contributed by atoms with van der Waals surface area (Å²) in [4.78, 5) is 30.6. The number of hydrogen-bond donors (Lipinski definition) is 0. The van der Waals surface area contributed by atoms with Crippen LogP contribution < -0.4 is 14.7 Å². The molecule has 0 heterocycles. The van der Waals surface area contributed by atoms with Gasteiger partial charge >= 0.3 is 41.4 Å². The van der Waals surface area contributed by atoms with Crippen LogP contribution in [0.25, 0.3) is 0 Å². The third-order valence-corrected chi connectivity index (χ3v) is 8.63. The Labute approximate surface area is 262 Å². The predicted molar refractivity (Wildman–Crippen MR) is 171 cm³/mol. The quantitative estimate of drug-likeness (QED) is 0.0502. The third kappa shape index (κ3) is 58.4. The van der Waals surface area contributed by atoms with Gasteiger partial charge in [-0.05, 0) is 38.5 Å². The van der Waals surface area contributed by atoms with Crippen LogP contribution in [0.2, 0.25) is 0 Å². The Morgan fingerprint density at radius 3 is 0.625 bits per heavy atom. The van der Waals surface area contributed by atoms with Gasteiger partial charge in [-0.15, -0.1) is 0 Å². The fourth-order valence-electron chi connectivity index (χ4n) is 4.12. The number of hydrogen-bond acceptors (Lipinski definition) is 6. The van der Waals surface area contributed by atoms with Gasteiger partial charge in [-0.3, -0.25) is 0 Å². The van der Waals surface area contributed by atoms with Gasteiger partial charge in [-0.25, -0.2) is 0 Å². The Hall–Kier alpha value is 0.712. The summed E-state index contributed by atoms with van der Waals surface area (Å²) in [7, 11) is -6.39. The van der Waals surface area contributed by atoms with Gasteiger partial charge in [0.1, 0.15) is 18.5 Å². The molecule has 0 fully saturated rings. The molecule has 40 heavy (non-hydrogen) atoms. The minimum Gasteiger partial charge on any atom is -0.596 e. The van der Waals surface area contributed by atoms with Crippen molar-refractivity contribution in [1.82, 2.24) is 0 Å². The van der Waals surface area contributed by atoms with Gasteiger partial charge in [0.15, 0.2) is 0 Å². The van der Waals surface area contributed by atoms with Gasteiger partial charge in [-0.1, -0.05) is 150 Å². The molecule has 0 rings (SSSR count). The summed E-state index contributed by atoms with van der Waals surface area (Å²) in [5.41, 5.74) is 0. The van der Waals surface area contributed by atoms with E-state index in [2.05, 4.69) is 20.8 Å². The zero-order valence-corrected chi connectivity index (χ0v) is 30.3. The standard InChI is InChI=1S/3C10H21O2P.Al/c3*1-2-3-4-5-6-7-8-9-10-13(11)12;/h3*2-10H2,1H3;/q;;;+3. The molecule has 0 aromatic heterocycles. The van der Waals surface area contributed by atoms with Crippen LogP contribution in [-0.4, -0.2) is 35.8 Å². The Balaban J connectivity index is -0.000000240. The van der Waals surface area contributed by atoms with Crippen LogP contribution in [0.4, 0.5) is 0 Å². The van der Waals surface area contributed by atoms with Crippen molar-refractivity contribution in [2.45, 2.75) is 175 Å². The van der Waals surface area contributed by atoms with Crippen LogP contribution in [0.1, 0.15) is 175 Å². The van der Waals surface area contributed by atoms with E-state index in [4.69, 9.17) is 0 Å². The monoisotopic (exact) mass is 639 g/mol. The SMILES string of the molecule is CCCCCCCCCC[P+](=O)[O-].CCCCCCCCCC[P+](=O)[O-].CCCCCCCCCC[P+](=O)[O-].[Al+3]. The van der Waals surface area contributed by atoms with E-state index in [0.29, 0.717) is 18.5 Å². The summed E-state index contributed by atoms with van der Waals surface area (Å²) in [6.07, 6.45) is 30.2. The summed E-state index contributed by atoms with van der Waals surface area (Å²) < 4.78 is 30.6.